The molecule has 0 unspecified atom stereocenters. The van der Waals surface area contributed by atoms with Gasteiger partial charge >= 0.3 is 35.9 Å². The summed E-state index contributed by atoms with van der Waals surface area (Å²) >= 11 is -3.32. The van der Waals surface area contributed by atoms with Crippen LogP contribution in [-0.2, 0) is 12.6 Å². The fourth-order valence-electron chi connectivity index (χ4n) is 2.35. The predicted molar refractivity (Wildman–Crippen MR) is 85.3 cm³/mol. The molecule has 3 nitrogen and oxygen atoms in total. The van der Waals surface area contributed by atoms with Crippen molar-refractivity contribution in [2.24, 2.45) is 0 Å². The van der Waals surface area contributed by atoms with Gasteiger partial charge in [0.05, 0.1) is 0 Å². The van der Waals surface area contributed by atoms with E-state index >= 15 is 0 Å². The molecule has 2 rings (SSSR count). The van der Waals surface area contributed by atoms with Crippen LogP contribution < -0.4 is 20.2 Å². The Morgan fingerprint density at radius 2 is 1.08 bits per heavy atom. The number of aryl methyl sites for hydroxylation is 4. The summed E-state index contributed by atoms with van der Waals surface area (Å²) < 4.78 is 67.7. The van der Waals surface area contributed by atoms with Crippen molar-refractivity contribution in [3.63, 3.8) is 0 Å². The predicted octanol–water partition coefficient (Wildman–Crippen LogP) is 1.37. The molecule has 0 aliphatic heterocycles. The number of alkyl halides is 3. The van der Waals surface area contributed by atoms with Crippen molar-refractivity contribution in [2.75, 3.05) is 0 Å². The van der Waals surface area contributed by atoms with Crippen molar-refractivity contribution in [3.05, 3.63) is 65.8 Å². The summed E-state index contributed by atoms with van der Waals surface area (Å²) in [5.74, 6) is 0. The maximum absolute atomic E-state index is 12.9. The number of hydrogen-bond acceptors (Lipinski definition) is 3. The summed E-state index contributed by atoms with van der Waals surface area (Å²) in [6.07, 6.45) is 0. The number of benzene rings is 2. The van der Waals surface area contributed by atoms with E-state index in [2.05, 4.69) is 0 Å². The highest BCUT2D eigenvalue weighted by molar-refractivity contribution is 7.87. The molecule has 0 atom stereocenters. The van der Waals surface area contributed by atoms with Crippen LogP contribution in [0.25, 0.3) is 0 Å². The van der Waals surface area contributed by atoms with Gasteiger partial charge in [-0.2, -0.15) is 21.6 Å². The first kappa shape index (κ1) is 20.2. The Bertz CT molecular complexity index is 800. The highest BCUT2D eigenvalue weighted by atomic mass is 127. The maximum Gasteiger partial charge on any atom is 0.526 e. The van der Waals surface area contributed by atoms with Crippen molar-refractivity contribution in [2.45, 2.75) is 33.2 Å². The summed E-state index contributed by atoms with van der Waals surface area (Å²) in [6.45, 7) is 7.24. The SMILES string of the molecule is Cc1cc(C)cc([I+](OS(=O)(=O)C(F)(F)F)c2cc(C)cc(C)c2)c1. The lowest BCUT2D eigenvalue weighted by Crippen LogP contribution is -3.85. The van der Waals surface area contributed by atoms with E-state index in [9.17, 15) is 21.6 Å². The van der Waals surface area contributed by atoms with Gasteiger partial charge < -0.3 is 0 Å². The maximum atomic E-state index is 12.9. The molecule has 0 saturated heterocycles. The second kappa shape index (κ2) is 7.24. The molecule has 0 heterocycles. The van der Waals surface area contributed by atoms with Gasteiger partial charge in [0.2, 0.25) is 0 Å². The van der Waals surface area contributed by atoms with Crippen LogP contribution in [0.2, 0.25) is 0 Å². The molecule has 8 heteroatoms. The highest BCUT2D eigenvalue weighted by Gasteiger charge is 2.54. The van der Waals surface area contributed by atoms with Crippen LogP contribution in [0.15, 0.2) is 36.4 Å². The molecule has 0 N–H and O–H groups in total. The Morgan fingerprint density at radius 3 is 1.36 bits per heavy atom. The van der Waals surface area contributed by atoms with Crippen LogP contribution in [0.4, 0.5) is 13.2 Å². The van der Waals surface area contributed by atoms with Crippen LogP contribution in [0.1, 0.15) is 22.3 Å². The van der Waals surface area contributed by atoms with Crippen molar-refractivity contribution in [1.82, 2.24) is 0 Å². The topological polar surface area (TPSA) is 43.4 Å². The van der Waals surface area contributed by atoms with E-state index in [1.54, 1.807) is 24.3 Å². The van der Waals surface area contributed by atoms with Gasteiger partial charge in [0.15, 0.2) is 7.14 Å². The normalized spacial score (nSPS) is 12.6. The zero-order valence-corrected chi connectivity index (χ0v) is 17.1. The molecule has 0 bridgehead atoms. The van der Waals surface area contributed by atoms with E-state index in [-0.39, 0.29) is 0 Å². The smallest absolute Gasteiger partial charge is 0.186 e. The largest absolute Gasteiger partial charge is 0.526 e. The molecule has 0 amide bonds. The Labute approximate surface area is 153 Å². The van der Waals surface area contributed by atoms with Crippen LogP contribution in [-0.4, -0.2) is 13.9 Å². The summed E-state index contributed by atoms with van der Waals surface area (Å²) in [5, 5.41) is 0. The highest BCUT2D eigenvalue weighted by Crippen LogP contribution is 2.22. The third kappa shape index (κ3) is 4.95. The second-order valence-corrected chi connectivity index (χ2v) is 12.3. The molecule has 25 heavy (non-hydrogen) atoms. The van der Waals surface area contributed by atoms with Crippen molar-refractivity contribution in [1.29, 1.82) is 0 Å². The zero-order valence-electron chi connectivity index (χ0n) is 14.1. The summed E-state index contributed by atoms with van der Waals surface area (Å²) in [4.78, 5) is 0. The lowest BCUT2D eigenvalue weighted by Gasteiger charge is -2.10. The van der Waals surface area contributed by atoms with Crippen molar-refractivity contribution < 1.29 is 44.3 Å². The molecule has 137 valence electrons. The van der Waals surface area contributed by atoms with Gasteiger partial charge in [-0.15, -0.1) is 0 Å². The fraction of sp³-hybridized carbons (Fsp3) is 0.294. The van der Waals surface area contributed by atoms with E-state index in [1.165, 1.54) is 0 Å². The third-order valence-electron chi connectivity index (χ3n) is 3.20. The minimum absolute atomic E-state index is 0.513. The van der Waals surface area contributed by atoms with Crippen LogP contribution in [0, 0.1) is 34.8 Å². The summed E-state index contributed by atoms with van der Waals surface area (Å²) in [5.41, 5.74) is -2.07. The fourth-order valence-corrected chi connectivity index (χ4v) is 9.83. The number of halogens is 4. The summed E-state index contributed by atoms with van der Waals surface area (Å²) in [7, 11) is -5.68. The number of rotatable bonds is 4. The Hall–Kier alpha value is -1.13. The molecular weight excluding hydrogens is 468 g/mol. The first-order valence-electron chi connectivity index (χ1n) is 7.27. The number of hydrogen-bond donors (Lipinski definition) is 0. The van der Waals surface area contributed by atoms with Crippen LogP contribution in [0.5, 0.6) is 0 Å². The lowest BCUT2D eigenvalue weighted by atomic mass is 10.2. The third-order valence-corrected chi connectivity index (χ3v) is 10.1. The average Bonchev–Trinajstić information content (AvgIpc) is 2.41. The molecule has 0 aromatic heterocycles. The standard InChI is InChI=1S/C17H18F3IO3S/c1-11-5-12(2)8-15(7-11)21(24-25(22,23)17(18,19)20)16-9-13(3)6-14(4)10-16/h5-10H,1-4H3/q+1. The van der Waals surface area contributed by atoms with Crippen LogP contribution in [0.3, 0.4) is 0 Å². The molecule has 1 radical (unpaired) electrons. The molecular formula is C17H18F3IO3S+. The van der Waals surface area contributed by atoms with Gasteiger partial charge in [0, 0.05) is 0 Å². The molecule has 2 aromatic carbocycles. The molecule has 0 spiro atoms. The van der Waals surface area contributed by atoms with Gasteiger partial charge in [-0.25, -0.2) is 0 Å². The Balaban J connectivity index is 2.63. The Kier molecular flexibility index (Phi) is 5.85. The van der Waals surface area contributed by atoms with E-state index in [0.29, 0.717) is 7.14 Å². The Morgan fingerprint density at radius 1 is 0.760 bits per heavy atom. The van der Waals surface area contributed by atoms with Gasteiger partial charge in [-0.3, -0.25) is 0 Å². The summed E-state index contributed by atoms with van der Waals surface area (Å²) in [6, 6.07) is 10.5. The molecule has 0 aliphatic rings. The monoisotopic (exact) mass is 486 g/mol. The van der Waals surface area contributed by atoms with Gasteiger partial charge in [-0.05, 0) is 76.7 Å². The van der Waals surface area contributed by atoms with Gasteiger partial charge in [0.25, 0.3) is 0 Å². The van der Waals surface area contributed by atoms with Crippen molar-refractivity contribution in [3.8, 4) is 0 Å². The average molecular weight is 486 g/mol. The molecule has 0 saturated carbocycles. The quantitative estimate of drug-likeness (QED) is 0.485. The lowest BCUT2D eigenvalue weighted by molar-refractivity contribution is -1.03. The van der Waals surface area contributed by atoms with E-state index in [1.807, 2.05) is 39.8 Å². The zero-order chi connectivity index (χ0) is 19.0. The first-order chi connectivity index (χ1) is 11.4. The minimum Gasteiger partial charge on any atom is -0.186 e. The molecule has 0 fully saturated rings. The minimum atomic E-state index is -5.68. The second-order valence-electron chi connectivity index (χ2n) is 5.82. The first-order valence-corrected chi connectivity index (χ1v) is 11.7. The van der Waals surface area contributed by atoms with Gasteiger partial charge in [-0.1, -0.05) is 12.1 Å². The molecule has 2 aromatic rings. The van der Waals surface area contributed by atoms with E-state index in [4.69, 9.17) is 2.51 Å². The van der Waals surface area contributed by atoms with Gasteiger partial charge in [0.1, 0.15) is 0 Å². The van der Waals surface area contributed by atoms with E-state index < -0.39 is 35.9 Å². The molecule has 0 aliphatic carbocycles. The van der Waals surface area contributed by atoms with E-state index in [0.717, 1.165) is 22.3 Å². The van der Waals surface area contributed by atoms with Crippen molar-refractivity contribution >= 4 is 10.1 Å². The van der Waals surface area contributed by atoms with Crippen LogP contribution >= 0.6 is 0 Å².